The minimum absolute atomic E-state index is 0.0331. The lowest BCUT2D eigenvalue weighted by Crippen LogP contribution is -2.04. The van der Waals surface area contributed by atoms with E-state index in [0.717, 1.165) is 23.2 Å². The van der Waals surface area contributed by atoms with Crippen LogP contribution in [0.4, 0.5) is 5.69 Å². The van der Waals surface area contributed by atoms with Crippen molar-refractivity contribution < 1.29 is 4.79 Å². The number of benzene rings is 1. The molecule has 1 N–H and O–H groups in total. The summed E-state index contributed by atoms with van der Waals surface area (Å²) in [6.07, 6.45) is 8.26. The highest BCUT2D eigenvalue weighted by Crippen LogP contribution is 2.43. The van der Waals surface area contributed by atoms with Gasteiger partial charge in [-0.1, -0.05) is 17.2 Å². The Morgan fingerprint density at radius 1 is 1.14 bits per heavy atom. The van der Waals surface area contributed by atoms with E-state index in [2.05, 4.69) is 31.3 Å². The summed E-state index contributed by atoms with van der Waals surface area (Å²) in [5.74, 6) is 0.0331. The number of rotatable bonds is 1. The highest BCUT2D eigenvalue weighted by molar-refractivity contribution is 6.32. The highest BCUT2D eigenvalue weighted by Gasteiger charge is 2.27. The monoisotopic (exact) mass is 291 g/mol. The number of allylic oxidation sites excluding steroid dienone is 5. The molecular weight excluding hydrogens is 270 g/mol. The number of aryl methyl sites for hydroxylation is 1. The molecule has 0 atom stereocenters. The summed E-state index contributed by atoms with van der Waals surface area (Å²) in [4.78, 5) is 12.3. The van der Waals surface area contributed by atoms with Crippen molar-refractivity contribution in [1.29, 1.82) is 0 Å². The van der Waals surface area contributed by atoms with Crippen LogP contribution in [0.25, 0.3) is 5.57 Å². The summed E-state index contributed by atoms with van der Waals surface area (Å²) >= 11 is 0. The predicted molar refractivity (Wildman–Crippen MR) is 90.6 cm³/mol. The van der Waals surface area contributed by atoms with Gasteiger partial charge in [0.1, 0.15) is 0 Å². The maximum Gasteiger partial charge on any atom is 0.256 e. The van der Waals surface area contributed by atoms with E-state index < -0.39 is 0 Å². The smallest absolute Gasteiger partial charge is 0.256 e. The fourth-order valence-electron chi connectivity index (χ4n) is 3.95. The van der Waals surface area contributed by atoms with E-state index in [-0.39, 0.29) is 5.91 Å². The van der Waals surface area contributed by atoms with Crippen LogP contribution in [0.5, 0.6) is 0 Å². The molecule has 1 amide bonds. The average molecular weight is 291 g/mol. The lowest BCUT2D eigenvalue weighted by Gasteiger charge is -2.14. The van der Waals surface area contributed by atoms with Crippen molar-refractivity contribution in [1.82, 2.24) is 0 Å². The average Bonchev–Trinajstić information content (AvgIpc) is 2.99. The first-order valence-corrected chi connectivity index (χ1v) is 8.18. The quantitative estimate of drug-likeness (QED) is 0.731. The molecule has 0 saturated carbocycles. The van der Waals surface area contributed by atoms with E-state index in [1.165, 1.54) is 42.4 Å². The topological polar surface area (TPSA) is 29.1 Å². The van der Waals surface area contributed by atoms with Crippen molar-refractivity contribution >= 4 is 17.2 Å². The van der Waals surface area contributed by atoms with Crippen LogP contribution in [0.15, 0.2) is 46.6 Å². The van der Waals surface area contributed by atoms with Crippen molar-refractivity contribution in [2.75, 3.05) is 5.32 Å². The van der Waals surface area contributed by atoms with Crippen LogP contribution in [0.3, 0.4) is 0 Å². The molecule has 0 unspecified atom stereocenters. The van der Waals surface area contributed by atoms with E-state index in [9.17, 15) is 4.79 Å². The Bertz CT molecular complexity index is 777. The number of hydrogen-bond acceptors (Lipinski definition) is 1. The van der Waals surface area contributed by atoms with Crippen LogP contribution < -0.4 is 5.32 Å². The van der Waals surface area contributed by atoms with Gasteiger partial charge in [-0.2, -0.15) is 0 Å². The summed E-state index contributed by atoms with van der Waals surface area (Å²) in [7, 11) is 0. The van der Waals surface area contributed by atoms with Gasteiger partial charge in [0.2, 0.25) is 0 Å². The molecule has 0 saturated heterocycles. The van der Waals surface area contributed by atoms with Crippen molar-refractivity contribution in [3.8, 4) is 0 Å². The third-order valence-electron chi connectivity index (χ3n) is 5.20. The molecule has 0 bridgehead atoms. The first-order chi connectivity index (χ1) is 10.6. The van der Waals surface area contributed by atoms with E-state index in [4.69, 9.17) is 0 Å². The first-order valence-electron chi connectivity index (χ1n) is 8.18. The number of anilines is 1. The van der Waals surface area contributed by atoms with Crippen LogP contribution in [-0.4, -0.2) is 5.91 Å². The fourth-order valence-corrected chi connectivity index (χ4v) is 3.95. The highest BCUT2D eigenvalue weighted by atomic mass is 16.2. The Balaban J connectivity index is 1.75. The first kappa shape index (κ1) is 13.6. The van der Waals surface area contributed by atoms with Gasteiger partial charge in [0.05, 0.1) is 0 Å². The molecule has 1 aliphatic heterocycles. The third-order valence-corrected chi connectivity index (χ3v) is 5.20. The molecule has 1 heterocycles. The van der Waals surface area contributed by atoms with E-state index in [1.54, 1.807) is 11.1 Å². The van der Waals surface area contributed by atoms with Gasteiger partial charge in [-0.05, 0) is 80.9 Å². The van der Waals surface area contributed by atoms with E-state index in [0.29, 0.717) is 0 Å². The molecule has 1 aromatic rings. The normalized spacial score (nSPS) is 22.3. The Labute approximate surface area is 131 Å². The third kappa shape index (κ3) is 2.06. The van der Waals surface area contributed by atoms with Gasteiger partial charge in [-0.3, -0.25) is 4.79 Å². The van der Waals surface area contributed by atoms with Crippen LogP contribution in [0.1, 0.15) is 50.2 Å². The molecule has 2 aliphatic carbocycles. The predicted octanol–water partition coefficient (Wildman–Crippen LogP) is 4.92. The Morgan fingerprint density at radius 3 is 2.77 bits per heavy atom. The van der Waals surface area contributed by atoms with Crippen LogP contribution in [-0.2, 0) is 4.79 Å². The molecule has 3 aliphatic rings. The molecule has 112 valence electrons. The summed E-state index contributed by atoms with van der Waals surface area (Å²) in [6, 6.07) is 6.15. The summed E-state index contributed by atoms with van der Waals surface area (Å²) in [5, 5.41) is 2.98. The van der Waals surface area contributed by atoms with Crippen LogP contribution >= 0.6 is 0 Å². The molecule has 0 spiro atoms. The maximum atomic E-state index is 12.3. The van der Waals surface area contributed by atoms with Crippen molar-refractivity contribution in [3.63, 3.8) is 0 Å². The van der Waals surface area contributed by atoms with E-state index >= 15 is 0 Å². The van der Waals surface area contributed by atoms with Crippen molar-refractivity contribution in [3.05, 3.63) is 57.7 Å². The van der Waals surface area contributed by atoms with Crippen molar-refractivity contribution in [2.24, 2.45) is 0 Å². The van der Waals surface area contributed by atoms with Gasteiger partial charge in [0.25, 0.3) is 5.91 Å². The van der Waals surface area contributed by atoms with Gasteiger partial charge in [-0.25, -0.2) is 0 Å². The second-order valence-corrected chi connectivity index (χ2v) is 6.68. The molecular formula is C20H21NO. The zero-order valence-corrected chi connectivity index (χ0v) is 13.3. The molecule has 4 rings (SSSR count). The second kappa shape index (κ2) is 4.98. The summed E-state index contributed by atoms with van der Waals surface area (Å²) in [5.41, 5.74) is 9.94. The van der Waals surface area contributed by atoms with Crippen LogP contribution in [0, 0.1) is 6.92 Å². The number of amides is 1. The number of nitrogens with one attached hydrogen (secondary N) is 1. The zero-order valence-electron chi connectivity index (χ0n) is 13.3. The minimum atomic E-state index is 0.0331. The Kier molecular flexibility index (Phi) is 3.07. The molecule has 2 nitrogen and oxygen atoms in total. The lowest BCUT2D eigenvalue weighted by atomic mass is 9.91. The lowest BCUT2D eigenvalue weighted by molar-refractivity contribution is -0.110. The van der Waals surface area contributed by atoms with Crippen LogP contribution in [0.2, 0.25) is 0 Å². The number of carbonyl (C=O) groups is 1. The molecule has 0 aromatic heterocycles. The molecule has 2 heteroatoms. The zero-order chi connectivity index (χ0) is 15.3. The van der Waals surface area contributed by atoms with Crippen molar-refractivity contribution in [2.45, 2.75) is 46.0 Å². The molecule has 0 radical (unpaired) electrons. The van der Waals surface area contributed by atoms with E-state index in [1.807, 2.05) is 12.1 Å². The number of carbonyl (C=O) groups excluding carboxylic acids is 1. The van der Waals surface area contributed by atoms with Gasteiger partial charge in [0.15, 0.2) is 0 Å². The summed E-state index contributed by atoms with van der Waals surface area (Å²) in [6.45, 7) is 4.30. The second-order valence-electron chi connectivity index (χ2n) is 6.68. The molecule has 0 fully saturated rings. The van der Waals surface area contributed by atoms with Gasteiger partial charge in [-0.15, -0.1) is 0 Å². The summed E-state index contributed by atoms with van der Waals surface area (Å²) < 4.78 is 0. The van der Waals surface area contributed by atoms with Gasteiger partial charge >= 0.3 is 0 Å². The van der Waals surface area contributed by atoms with Gasteiger partial charge < -0.3 is 5.32 Å². The Morgan fingerprint density at radius 2 is 1.95 bits per heavy atom. The largest absolute Gasteiger partial charge is 0.321 e. The Hall–Kier alpha value is -2.09. The minimum Gasteiger partial charge on any atom is -0.321 e. The standard InChI is InChI=1S/C20H21NO/c1-12-7-8-19-17(9-12)18(20(22)21-19)11-15-10-14-5-3-4-6-16(14)13(15)2/h7-9,11H,3-6,10H2,1-2H3,(H,21,22). The van der Waals surface area contributed by atoms with Gasteiger partial charge in [0, 0.05) is 16.8 Å². The number of hydrogen-bond donors (Lipinski definition) is 1. The maximum absolute atomic E-state index is 12.3. The molecule has 1 aromatic carbocycles. The number of fused-ring (bicyclic) bond motifs is 1. The SMILES string of the molecule is CC1=C(C=C2C(=O)Nc3ccc(C)cc32)CC2=C1CCCC2. The fraction of sp³-hybridized carbons (Fsp3) is 0.350. The molecule has 22 heavy (non-hydrogen) atoms.